The van der Waals surface area contributed by atoms with Crippen molar-refractivity contribution in [2.75, 3.05) is 12.3 Å². The van der Waals surface area contributed by atoms with E-state index < -0.39 is 9.84 Å². The molecule has 0 radical (unpaired) electrons. The summed E-state index contributed by atoms with van der Waals surface area (Å²) in [6, 6.07) is 0. The lowest BCUT2D eigenvalue weighted by Gasteiger charge is -2.30. The predicted octanol–water partition coefficient (Wildman–Crippen LogP) is 1.96. The van der Waals surface area contributed by atoms with E-state index in [1.54, 1.807) is 0 Å². The molecule has 1 aliphatic carbocycles. The van der Waals surface area contributed by atoms with Crippen molar-refractivity contribution in [3.8, 4) is 0 Å². The van der Waals surface area contributed by atoms with Crippen LogP contribution in [0.1, 0.15) is 46.0 Å². The van der Waals surface area contributed by atoms with Crippen LogP contribution in [0.15, 0.2) is 0 Å². The lowest BCUT2D eigenvalue weighted by Crippen LogP contribution is -2.38. The highest BCUT2D eigenvalue weighted by atomic mass is 32.2. The van der Waals surface area contributed by atoms with E-state index in [0.29, 0.717) is 18.2 Å². The normalized spacial score (nSPS) is 27.2. The maximum absolute atomic E-state index is 12.2. The molecule has 1 fully saturated rings. The van der Waals surface area contributed by atoms with E-state index in [1.165, 1.54) is 0 Å². The average Bonchev–Trinajstić information content (AvgIpc) is 2.26. The van der Waals surface area contributed by atoms with Gasteiger partial charge in [-0.05, 0) is 37.6 Å². The van der Waals surface area contributed by atoms with E-state index in [1.807, 2.05) is 0 Å². The molecule has 4 heteroatoms. The van der Waals surface area contributed by atoms with Gasteiger partial charge in [0, 0.05) is 0 Å². The van der Waals surface area contributed by atoms with Crippen molar-refractivity contribution < 1.29 is 8.42 Å². The Bertz CT molecular complexity index is 298. The van der Waals surface area contributed by atoms with Gasteiger partial charge in [0.25, 0.3) is 0 Å². The van der Waals surface area contributed by atoms with E-state index >= 15 is 0 Å². The van der Waals surface area contributed by atoms with Crippen LogP contribution in [0.3, 0.4) is 0 Å². The van der Waals surface area contributed by atoms with E-state index in [0.717, 1.165) is 32.1 Å². The highest BCUT2D eigenvalue weighted by molar-refractivity contribution is 7.92. The molecule has 0 aromatic carbocycles. The van der Waals surface area contributed by atoms with Gasteiger partial charge >= 0.3 is 0 Å². The van der Waals surface area contributed by atoms with E-state index in [9.17, 15) is 8.42 Å². The fourth-order valence-electron chi connectivity index (χ4n) is 2.47. The summed E-state index contributed by atoms with van der Waals surface area (Å²) in [6.45, 7) is 4.65. The van der Waals surface area contributed by atoms with Gasteiger partial charge in [0.15, 0.2) is 9.84 Å². The van der Waals surface area contributed by atoms with Crippen LogP contribution < -0.4 is 5.73 Å². The monoisotopic (exact) mass is 247 g/mol. The summed E-state index contributed by atoms with van der Waals surface area (Å²) in [7, 11) is -2.92. The third-order valence-corrected chi connectivity index (χ3v) is 5.93. The molecule has 0 spiro atoms. The second-order valence-electron chi connectivity index (χ2n) is 5.37. The second kappa shape index (κ2) is 6.01. The summed E-state index contributed by atoms with van der Waals surface area (Å²) in [6.07, 6.45) is 4.76. The van der Waals surface area contributed by atoms with Crippen LogP contribution in [0.5, 0.6) is 0 Å². The second-order valence-corrected chi connectivity index (χ2v) is 7.71. The Labute approximate surface area is 99.7 Å². The van der Waals surface area contributed by atoms with Crippen molar-refractivity contribution in [2.45, 2.75) is 51.2 Å². The first-order valence-electron chi connectivity index (χ1n) is 6.39. The van der Waals surface area contributed by atoms with Gasteiger partial charge in [-0.15, -0.1) is 0 Å². The lowest BCUT2D eigenvalue weighted by molar-refractivity contribution is 0.362. The van der Waals surface area contributed by atoms with Crippen molar-refractivity contribution >= 4 is 9.84 Å². The third kappa shape index (κ3) is 3.74. The number of hydrogen-bond donors (Lipinski definition) is 1. The smallest absolute Gasteiger partial charge is 0.153 e. The average molecular weight is 247 g/mol. The van der Waals surface area contributed by atoms with Crippen LogP contribution >= 0.6 is 0 Å². The van der Waals surface area contributed by atoms with Crippen molar-refractivity contribution in [3.63, 3.8) is 0 Å². The number of hydrogen-bond acceptors (Lipinski definition) is 3. The Morgan fingerprint density at radius 3 is 2.44 bits per heavy atom. The molecular weight excluding hydrogens is 222 g/mol. The van der Waals surface area contributed by atoms with E-state index in [4.69, 9.17) is 5.73 Å². The van der Waals surface area contributed by atoms with Gasteiger partial charge < -0.3 is 5.73 Å². The topological polar surface area (TPSA) is 60.2 Å². The Morgan fingerprint density at radius 1 is 1.25 bits per heavy atom. The summed E-state index contributed by atoms with van der Waals surface area (Å²) in [5.41, 5.74) is 5.68. The SMILES string of the molecule is CC(C)CCS(=O)(=O)C1CCCCC1CN. The van der Waals surface area contributed by atoms with Crippen molar-refractivity contribution in [1.29, 1.82) is 0 Å². The number of rotatable bonds is 5. The molecule has 3 nitrogen and oxygen atoms in total. The van der Waals surface area contributed by atoms with Crippen molar-refractivity contribution in [2.24, 2.45) is 17.6 Å². The Kier molecular flexibility index (Phi) is 5.25. The predicted molar refractivity (Wildman–Crippen MR) is 68.0 cm³/mol. The molecule has 0 aromatic rings. The van der Waals surface area contributed by atoms with Crippen LogP contribution in [0.4, 0.5) is 0 Å². The molecule has 0 heterocycles. The summed E-state index contributed by atoms with van der Waals surface area (Å²) in [4.78, 5) is 0. The van der Waals surface area contributed by atoms with Crippen LogP contribution in [0.25, 0.3) is 0 Å². The van der Waals surface area contributed by atoms with Gasteiger partial charge in [-0.1, -0.05) is 26.7 Å². The molecule has 16 heavy (non-hydrogen) atoms. The van der Waals surface area contributed by atoms with Crippen molar-refractivity contribution in [3.05, 3.63) is 0 Å². The van der Waals surface area contributed by atoms with Crippen LogP contribution in [-0.2, 0) is 9.84 Å². The van der Waals surface area contributed by atoms with E-state index in [2.05, 4.69) is 13.8 Å². The maximum atomic E-state index is 12.2. The van der Waals surface area contributed by atoms with Gasteiger partial charge in [-0.25, -0.2) is 8.42 Å². The van der Waals surface area contributed by atoms with Gasteiger partial charge in [-0.2, -0.15) is 0 Å². The molecule has 2 unspecified atom stereocenters. The largest absolute Gasteiger partial charge is 0.330 e. The van der Waals surface area contributed by atoms with Gasteiger partial charge in [0.1, 0.15) is 0 Å². The lowest BCUT2D eigenvalue weighted by atomic mass is 9.89. The molecule has 1 rings (SSSR count). The van der Waals surface area contributed by atoms with Gasteiger partial charge in [-0.3, -0.25) is 0 Å². The molecule has 0 bridgehead atoms. The summed E-state index contributed by atoms with van der Waals surface area (Å²) >= 11 is 0. The van der Waals surface area contributed by atoms with Gasteiger partial charge in [0.05, 0.1) is 11.0 Å². The highest BCUT2D eigenvalue weighted by Crippen LogP contribution is 2.30. The van der Waals surface area contributed by atoms with Crippen molar-refractivity contribution in [1.82, 2.24) is 0 Å². The fraction of sp³-hybridized carbons (Fsp3) is 1.00. The molecule has 0 amide bonds. The molecular formula is C12H25NO2S. The Balaban J connectivity index is 2.64. The van der Waals surface area contributed by atoms with Crippen LogP contribution in [0.2, 0.25) is 0 Å². The first-order chi connectivity index (χ1) is 7.47. The van der Waals surface area contributed by atoms with Gasteiger partial charge in [0.2, 0.25) is 0 Å². The van der Waals surface area contributed by atoms with E-state index in [-0.39, 0.29) is 11.2 Å². The summed E-state index contributed by atoms with van der Waals surface area (Å²) in [5, 5.41) is -0.162. The number of nitrogens with two attached hydrogens (primary N) is 1. The molecule has 2 N–H and O–H groups in total. The Morgan fingerprint density at radius 2 is 1.88 bits per heavy atom. The molecule has 96 valence electrons. The summed E-state index contributed by atoms with van der Waals surface area (Å²) in [5.74, 6) is 0.992. The third-order valence-electron chi connectivity index (χ3n) is 3.58. The molecule has 2 atom stereocenters. The minimum absolute atomic E-state index is 0.162. The fourth-order valence-corrected chi connectivity index (χ4v) is 4.93. The Hall–Kier alpha value is -0.0900. The molecule has 0 aromatic heterocycles. The zero-order chi connectivity index (χ0) is 12.2. The quantitative estimate of drug-likeness (QED) is 0.808. The minimum Gasteiger partial charge on any atom is -0.330 e. The zero-order valence-electron chi connectivity index (χ0n) is 10.5. The highest BCUT2D eigenvalue weighted by Gasteiger charge is 2.34. The maximum Gasteiger partial charge on any atom is 0.153 e. The van der Waals surface area contributed by atoms with Crippen LogP contribution in [-0.4, -0.2) is 26.0 Å². The first kappa shape index (κ1) is 14.0. The standard InChI is InChI=1S/C12H25NO2S/c1-10(2)7-8-16(14,15)12-6-4-3-5-11(12)9-13/h10-12H,3-9,13H2,1-2H3. The number of sulfone groups is 1. The minimum atomic E-state index is -2.92. The first-order valence-corrected chi connectivity index (χ1v) is 8.10. The van der Waals surface area contributed by atoms with Crippen LogP contribution in [0, 0.1) is 11.8 Å². The molecule has 0 saturated heterocycles. The molecule has 0 aliphatic heterocycles. The molecule has 1 saturated carbocycles. The summed E-state index contributed by atoms with van der Waals surface area (Å²) < 4.78 is 24.4. The molecule has 1 aliphatic rings. The zero-order valence-corrected chi connectivity index (χ0v) is 11.3.